The minimum atomic E-state index is 0.111. The monoisotopic (exact) mass is 246 g/mol. The van der Waals surface area contributed by atoms with Gasteiger partial charge in [0, 0.05) is 35.2 Å². The van der Waals surface area contributed by atoms with Crippen molar-refractivity contribution in [1.82, 2.24) is 9.55 Å². The average molecular weight is 246 g/mol. The summed E-state index contributed by atoms with van der Waals surface area (Å²) >= 11 is 1.78. The zero-order valence-electron chi connectivity index (χ0n) is 9.67. The third-order valence-corrected chi connectivity index (χ3v) is 3.43. The summed E-state index contributed by atoms with van der Waals surface area (Å²) in [4.78, 5) is 16.3. The summed E-state index contributed by atoms with van der Waals surface area (Å²) in [5.74, 6) is 1.11. The Hall–Kier alpha value is -1.55. The van der Waals surface area contributed by atoms with Crippen molar-refractivity contribution in [3.8, 4) is 0 Å². The topological polar surface area (TPSA) is 34.9 Å². The molecule has 2 aromatic rings. The number of hydrogen-bond donors (Lipinski definition) is 0. The van der Waals surface area contributed by atoms with Gasteiger partial charge in [-0.15, -0.1) is 11.8 Å². The highest BCUT2D eigenvalue weighted by molar-refractivity contribution is 7.99. The van der Waals surface area contributed by atoms with Crippen LogP contribution in [0.2, 0.25) is 0 Å². The molecule has 0 aliphatic carbocycles. The van der Waals surface area contributed by atoms with Crippen LogP contribution < -0.4 is 0 Å². The molecule has 1 heterocycles. The molecule has 1 aromatic carbocycles. The lowest BCUT2D eigenvalue weighted by atomic mass is 10.2. The van der Waals surface area contributed by atoms with Gasteiger partial charge in [0.05, 0.1) is 6.33 Å². The first-order valence-corrected chi connectivity index (χ1v) is 6.44. The van der Waals surface area contributed by atoms with Crippen molar-refractivity contribution in [1.29, 1.82) is 0 Å². The van der Waals surface area contributed by atoms with Crippen molar-refractivity contribution < 1.29 is 4.79 Å². The molecule has 0 saturated heterocycles. The lowest BCUT2D eigenvalue weighted by molar-refractivity contribution is 0.101. The summed E-state index contributed by atoms with van der Waals surface area (Å²) in [6.45, 7) is 2.53. The van der Waals surface area contributed by atoms with Gasteiger partial charge in [0.25, 0.3) is 0 Å². The van der Waals surface area contributed by atoms with E-state index in [1.54, 1.807) is 24.9 Å². The molecule has 0 amide bonds. The molecule has 0 unspecified atom stereocenters. The standard InChI is InChI=1S/C13H14N2OS/c1-11(16)12-2-4-13(5-3-12)17-9-8-15-7-6-14-10-15/h2-7,10H,8-9H2,1H3. The fourth-order valence-electron chi connectivity index (χ4n) is 1.47. The summed E-state index contributed by atoms with van der Waals surface area (Å²) in [7, 11) is 0. The van der Waals surface area contributed by atoms with Crippen molar-refractivity contribution in [2.24, 2.45) is 0 Å². The van der Waals surface area contributed by atoms with Gasteiger partial charge in [-0.25, -0.2) is 4.98 Å². The molecule has 3 nitrogen and oxygen atoms in total. The van der Waals surface area contributed by atoms with Gasteiger partial charge in [-0.2, -0.15) is 0 Å². The normalized spacial score (nSPS) is 10.4. The number of nitrogens with zero attached hydrogens (tertiary/aromatic N) is 2. The Morgan fingerprint density at radius 2 is 2.12 bits per heavy atom. The second-order valence-corrected chi connectivity index (χ2v) is 4.90. The smallest absolute Gasteiger partial charge is 0.159 e. The highest BCUT2D eigenvalue weighted by Crippen LogP contribution is 2.18. The molecule has 4 heteroatoms. The second-order valence-electron chi connectivity index (χ2n) is 3.73. The first kappa shape index (κ1) is 11.9. The van der Waals surface area contributed by atoms with Gasteiger partial charge < -0.3 is 4.57 Å². The second kappa shape index (κ2) is 5.68. The predicted octanol–water partition coefficient (Wildman–Crippen LogP) is 2.88. The van der Waals surface area contributed by atoms with Crippen molar-refractivity contribution in [3.63, 3.8) is 0 Å². The maximum Gasteiger partial charge on any atom is 0.159 e. The van der Waals surface area contributed by atoms with Crippen LogP contribution in [-0.4, -0.2) is 21.1 Å². The number of carbonyl (C=O) groups excluding carboxylic acids is 1. The van der Waals surface area contributed by atoms with Crippen LogP contribution in [0.25, 0.3) is 0 Å². The van der Waals surface area contributed by atoms with E-state index < -0.39 is 0 Å². The van der Waals surface area contributed by atoms with E-state index in [2.05, 4.69) is 9.55 Å². The van der Waals surface area contributed by atoms with E-state index in [-0.39, 0.29) is 5.78 Å². The highest BCUT2D eigenvalue weighted by Gasteiger charge is 1.99. The van der Waals surface area contributed by atoms with Crippen LogP contribution in [0.4, 0.5) is 0 Å². The Labute approximate surface area is 105 Å². The first-order chi connectivity index (χ1) is 8.25. The van der Waals surface area contributed by atoms with Crippen LogP contribution in [0, 0.1) is 0 Å². The number of rotatable bonds is 5. The summed E-state index contributed by atoms with van der Waals surface area (Å²) < 4.78 is 2.05. The minimum absolute atomic E-state index is 0.111. The fraction of sp³-hybridized carbons (Fsp3) is 0.231. The quantitative estimate of drug-likeness (QED) is 0.601. The van der Waals surface area contributed by atoms with E-state index in [1.807, 2.05) is 36.8 Å². The summed E-state index contributed by atoms with van der Waals surface area (Å²) in [5.41, 5.74) is 0.768. The summed E-state index contributed by atoms with van der Waals surface area (Å²) in [6, 6.07) is 7.74. The van der Waals surface area contributed by atoms with Crippen LogP contribution in [0.3, 0.4) is 0 Å². The van der Waals surface area contributed by atoms with Crippen LogP contribution in [0.5, 0.6) is 0 Å². The molecule has 17 heavy (non-hydrogen) atoms. The number of Topliss-reactive ketones (excluding diaryl/α,β-unsaturated/α-hetero) is 1. The molecule has 0 aliphatic heterocycles. The van der Waals surface area contributed by atoms with Crippen LogP contribution in [0.1, 0.15) is 17.3 Å². The molecule has 0 saturated carbocycles. The Bertz CT molecular complexity index is 477. The van der Waals surface area contributed by atoms with Gasteiger partial charge >= 0.3 is 0 Å². The van der Waals surface area contributed by atoms with E-state index in [1.165, 1.54) is 4.90 Å². The molecule has 0 spiro atoms. The van der Waals surface area contributed by atoms with Crippen molar-refractivity contribution in [2.45, 2.75) is 18.4 Å². The maximum atomic E-state index is 11.1. The number of benzene rings is 1. The Morgan fingerprint density at radius 3 is 2.71 bits per heavy atom. The van der Waals surface area contributed by atoms with Crippen LogP contribution in [-0.2, 0) is 6.54 Å². The zero-order valence-corrected chi connectivity index (χ0v) is 10.5. The molecule has 88 valence electrons. The summed E-state index contributed by atoms with van der Waals surface area (Å²) in [6.07, 6.45) is 5.56. The zero-order chi connectivity index (χ0) is 12.1. The molecular formula is C13H14N2OS. The molecular weight excluding hydrogens is 232 g/mol. The third-order valence-electron chi connectivity index (χ3n) is 2.44. The lowest BCUT2D eigenvalue weighted by Gasteiger charge is -2.03. The molecule has 2 rings (SSSR count). The van der Waals surface area contributed by atoms with Crippen LogP contribution in [0.15, 0.2) is 47.9 Å². The third kappa shape index (κ3) is 3.46. The molecule has 0 aliphatic rings. The van der Waals surface area contributed by atoms with Crippen LogP contribution >= 0.6 is 11.8 Å². The number of aryl methyl sites for hydroxylation is 1. The lowest BCUT2D eigenvalue weighted by Crippen LogP contribution is -1.96. The molecule has 0 bridgehead atoms. The average Bonchev–Trinajstić information content (AvgIpc) is 2.83. The molecule has 0 atom stereocenters. The maximum absolute atomic E-state index is 11.1. The fourth-order valence-corrected chi connectivity index (χ4v) is 2.34. The number of imidazole rings is 1. The van der Waals surface area contributed by atoms with E-state index in [0.717, 1.165) is 17.9 Å². The molecule has 0 radical (unpaired) electrons. The number of ketones is 1. The number of aromatic nitrogens is 2. The predicted molar refractivity (Wildman–Crippen MR) is 69.4 cm³/mol. The Kier molecular flexibility index (Phi) is 3.98. The van der Waals surface area contributed by atoms with Crippen molar-refractivity contribution in [2.75, 3.05) is 5.75 Å². The van der Waals surface area contributed by atoms with E-state index in [4.69, 9.17) is 0 Å². The van der Waals surface area contributed by atoms with Crippen molar-refractivity contribution >= 4 is 17.5 Å². The van der Waals surface area contributed by atoms with Gasteiger partial charge in [-0.05, 0) is 19.1 Å². The molecule has 0 fully saturated rings. The summed E-state index contributed by atoms with van der Waals surface area (Å²) in [5, 5.41) is 0. The number of hydrogen-bond acceptors (Lipinski definition) is 3. The Balaban J connectivity index is 1.85. The Morgan fingerprint density at radius 1 is 1.35 bits per heavy atom. The minimum Gasteiger partial charge on any atom is -0.337 e. The highest BCUT2D eigenvalue weighted by atomic mass is 32.2. The van der Waals surface area contributed by atoms with Gasteiger partial charge in [0.2, 0.25) is 0 Å². The molecule has 1 aromatic heterocycles. The van der Waals surface area contributed by atoms with E-state index in [9.17, 15) is 4.79 Å². The van der Waals surface area contributed by atoms with Gasteiger partial charge in [0.1, 0.15) is 0 Å². The van der Waals surface area contributed by atoms with E-state index in [0.29, 0.717) is 0 Å². The van der Waals surface area contributed by atoms with Gasteiger partial charge in [-0.1, -0.05) is 12.1 Å². The number of carbonyl (C=O) groups is 1. The first-order valence-electron chi connectivity index (χ1n) is 5.45. The van der Waals surface area contributed by atoms with Gasteiger partial charge in [-0.3, -0.25) is 4.79 Å². The SMILES string of the molecule is CC(=O)c1ccc(SCCn2ccnc2)cc1. The molecule has 0 N–H and O–H groups in total. The van der Waals surface area contributed by atoms with Gasteiger partial charge in [0.15, 0.2) is 5.78 Å². The number of thioether (sulfide) groups is 1. The van der Waals surface area contributed by atoms with Crippen molar-refractivity contribution in [3.05, 3.63) is 48.5 Å². The van der Waals surface area contributed by atoms with E-state index >= 15 is 0 Å². The largest absolute Gasteiger partial charge is 0.337 e.